The van der Waals surface area contributed by atoms with Crippen LogP contribution < -0.4 is 0 Å². The van der Waals surface area contributed by atoms with Crippen LogP contribution in [-0.2, 0) is 4.79 Å². The number of hydrogen-bond acceptors (Lipinski definition) is 4. The summed E-state index contributed by atoms with van der Waals surface area (Å²) in [6.07, 6.45) is 7.50. The van der Waals surface area contributed by atoms with E-state index in [0.717, 1.165) is 17.9 Å². The molecule has 68 valence electrons. The van der Waals surface area contributed by atoms with E-state index in [4.69, 9.17) is 0 Å². The first-order chi connectivity index (χ1) is 6.34. The van der Waals surface area contributed by atoms with E-state index in [1.165, 1.54) is 0 Å². The van der Waals surface area contributed by atoms with Crippen LogP contribution in [0.25, 0.3) is 0 Å². The van der Waals surface area contributed by atoms with Gasteiger partial charge in [0.2, 0.25) is 0 Å². The van der Waals surface area contributed by atoms with Gasteiger partial charge < -0.3 is 0 Å². The number of nitrogens with zero attached hydrogens (tertiary/aromatic N) is 2. The molecule has 0 N–H and O–H groups in total. The third-order valence-corrected chi connectivity index (χ3v) is 3.22. The third kappa shape index (κ3) is 2.28. The van der Waals surface area contributed by atoms with E-state index in [9.17, 15) is 4.79 Å². The van der Waals surface area contributed by atoms with Crippen molar-refractivity contribution in [3.8, 4) is 0 Å². The van der Waals surface area contributed by atoms with Crippen LogP contribution in [-0.4, -0.2) is 21.0 Å². The van der Waals surface area contributed by atoms with Crippen molar-refractivity contribution in [1.82, 2.24) is 9.97 Å². The lowest BCUT2D eigenvalue weighted by molar-refractivity contribution is -0.117. The molecule has 0 amide bonds. The molecule has 1 aromatic heterocycles. The molecular formula is C9H10N2OS. The molecule has 1 saturated carbocycles. The molecule has 0 bridgehead atoms. The van der Waals surface area contributed by atoms with Gasteiger partial charge in [0, 0.05) is 30.5 Å². The number of thioether (sulfide) groups is 1. The molecule has 1 unspecified atom stereocenters. The lowest BCUT2D eigenvalue weighted by Crippen LogP contribution is -1.97. The van der Waals surface area contributed by atoms with E-state index in [0.29, 0.717) is 17.5 Å². The maximum absolute atomic E-state index is 11.0. The molecule has 1 aliphatic rings. The largest absolute Gasteiger partial charge is 0.300 e. The standard InChI is InChI=1S/C9H10N2OS/c12-7-1-2-8(5-7)13-9-6-10-3-4-11-9/h3-4,6,8H,1-2,5H2. The number of carbonyl (C=O) groups excluding carboxylic acids is 1. The zero-order chi connectivity index (χ0) is 9.10. The predicted molar refractivity (Wildman–Crippen MR) is 50.5 cm³/mol. The normalized spacial score (nSPS) is 22.2. The van der Waals surface area contributed by atoms with Crippen molar-refractivity contribution in [2.45, 2.75) is 29.5 Å². The average Bonchev–Trinajstić information content (AvgIpc) is 2.53. The molecule has 3 nitrogen and oxygen atoms in total. The summed E-state index contributed by atoms with van der Waals surface area (Å²) in [6, 6.07) is 0. The summed E-state index contributed by atoms with van der Waals surface area (Å²) < 4.78 is 0. The van der Waals surface area contributed by atoms with Crippen LogP contribution in [0.1, 0.15) is 19.3 Å². The third-order valence-electron chi connectivity index (χ3n) is 2.03. The van der Waals surface area contributed by atoms with Crippen molar-refractivity contribution in [3.63, 3.8) is 0 Å². The quantitative estimate of drug-likeness (QED) is 0.718. The molecule has 1 fully saturated rings. The van der Waals surface area contributed by atoms with E-state index in [1.54, 1.807) is 30.4 Å². The highest BCUT2D eigenvalue weighted by molar-refractivity contribution is 7.99. The van der Waals surface area contributed by atoms with Crippen LogP contribution in [0.5, 0.6) is 0 Å². The van der Waals surface area contributed by atoms with Gasteiger partial charge in [0.25, 0.3) is 0 Å². The molecule has 1 aromatic rings. The van der Waals surface area contributed by atoms with E-state index in [-0.39, 0.29) is 0 Å². The number of Topliss-reactive ketones (excluding diaryl/α,β-unsaturated/α-hetero) is 1. The summed E-state index contributed by atoms with van der Waals surface area (Å²) in [7, 11) is 0. The number of carbonyl (C=O) groups is 1. The summed E-state index contributed by atoms with van der Waals surface area (Å²) in [4.78, 5) is 19.1. The van der Waals surface area contributed by atoms with Crippen LogP contribution >= 0.6 is 11.8 Å². The SMILES string of the molecule is O=C1CCC(Sc2cnccn2)C1. The fourth-order valence-corrected chi connectivity index (χ4v) is 2.49. The highest BCUT2D eigenvalue weighted by Gasteiger charge is 2.23. The molecule has 1 aliphatic carbocycles. The molecule has 0 aromatic carbocycles. The average molecular weight is 194 g/mol. The van der Waals surface area contributed by atoms with Gasteiger partial charge >= 0.3 is 0 Å². The fourth-order valence-electron chi connectivity index (χ4n) is 1.40. The Morgan fingerprint density at radius 1 is 1.46 bits per heavy atom. The van der Waals surface area contributed by atoms with Gasteiger partial charge in [-0.05, 0) is 6.42 Å². The number of hydrogen-bond donors (Lipinski definition) is 0. The van der Waals surface area contributed by atoms with Crippen molar-refractivity contribution in [2.24, 2.45) is 0 Å². The number of rotatable bonds is 2. The van der Waals surface area contributed by atoms with Crippen molar-refractivity contribution >= 4 is 17.5 Å². The Morgan fingerprint density at radius 3 is 3.00 bits per heavy atom. The number of ketones is 1. The Labute approximate surface area is 81.0 Å². The highest BCUT2D eigenvalue weighted by Crippen LogP contribution is 2.31. The molecular weight excluding hydrogens is 184 g/mol. The summed E-state index contributed by atoms with van der Waals surface area (Å²) in [5.74, 6) is 0.376. The van der Waals surface area contributed by atoms with Crippen molar-refractivity contribution in [1.29, 1.82) is 0 Å². The maximum Gasteiger partial charge on any atom is 0.134 e. The molecule has 2 rings (SSSR count). The fraction of sp³-hybridized carbons (Fsp3) is 0.444. The predicted octanol–water partition coefficient (Wildman–Crippen LogP) is 1.69. The zero-order valence-electron chi connectivity index (χ0n) is 7.14. The van der Waals surface area contributed by atoms with Gasteiger partial charge in [-0.25, -0.2) is 4.98 Å². The lowest BCUT2D eigenvalue weighted by atomic mass is 10.4. The van der Waals surface area contributed by atoms with E-state index < -0.39 is 0 Å². The van der Waals surface area contributed by atoms with E-state index >= 15 is 0 Å². The summed E-state index contributed by atoms with van der Waals surface area (Å²) in [5, 5.41) is 1.34. The minimum atomic E-state index is 0.376. The van der Waals surface area contributed by atoms with E-state index in [2.05, 4.69) is 9.97 Å². The van der Waals surface area contributed by atoms with Crippen LogP contribution in [0.15, 0.2) is 23.6 Å². The van der Waals surface area contributed by atoms with Gasteiger partial charge in [0.1, 0.15) is 10.8 Å². The highest BCUT2D eigenvalue weighted by atomic mass is 32.2. The van der Waals surface area contributed by atoms with Crippen molar-refractivity contribution in [3.05, 3.63) is 18.6 Å². The first-order valence-corrected chi connectivity index (χ1v) is 5.17. The van der Waals surface area contributed by atoms with Gasteiger partial charge in [0.15, 0.2) is 0 Å². The Morgan fingerprint density at radius 2 is 2.38 bits per heavy atom. The van der Waals surface area contributed by atoms with Gasteiger partial charge in [-0.2, -0.15) is 0 Å². The molecule has 0 saturated heterocycles. The minimum Gasteiger partial charge on any atom is -0.300 e. The molecule has 1 atom stereocenters. The lowest BCUT2D eigenvalue weighted by Gasteiger charge is -2.04. The van der Waals surface area contributed by atoms with Crippen LogP contribution in [0.2, 0.25) is 0 Å². The smallest absolute Gasteiger partial charge is 0.134 e. The van der Waals surface area contributed by atoms with Gasteiger partial charge in [-0.15, -0.1) is 11.8 Å². The second-order valence-corrected chi connectivity index (χ2v) is 4.39. The zero-order valence-corrected chi connectivity index (χ0v) is 7.96. The Hall–Kier alpha value is -0.900. The molecule has 0 radical (unpaired) electrons. The Balaban J connectivity index is 1.96. The second-order valence-electron chi connectivity index (χ2n) is 3.06. The Bertz CT molecular complexity index is 302. The molecule has 0 aliphatic heterocycles. The monoisotopic (exact) mass is 194 g/mol. The molecule has 13 heavy (non-hydrogen) atoms. The molecule has 1 heterocycles. The van der Waals surface area contributed by atoms with Gasteiger partial charge in [0.05, 0.1) is 6.20 Å². The first-order valence-electron chi connectivity index (χ1n) is 4.29. The molecule has 4 heteroatoms. The molecule has 0 spiro atoms. The second kappa shape index (κ2) is 3.87. The number of aromatic nitrogens is 2. The van der Waals surface area contributed by atoms with E-state index in [1.807, 2.05) is 0 Å². The van der Waals surface area contributed by atoms with Crippen molar-refractivity contribution < 1.29 is 4.79 Å². The van der Waals surface area contributed by atoms with Gasteiger partial charge in [-0.3, -0.25) is 9.78 Å². The summed E-state index contributed by atoms with van der Waals surface area (Å²) in [6.45, 7) is 0. The van der Waals surface area contributed by atoms with Crippen LogP contribution in [0, 0.1) is 0 Å². The maximum atomic E-state index is 11.0. The summed E-state index contributed by atoms with van der Waals surface area (Å²) in [5.41, 5.74) is 0. The Kier molecular flexibility index (Phi) is 2.59. The topological polar surface area (TPSA) is 42.9 Å². The van der Waals surface area contributed by atoms with Crippen molar-refractivity contribution in [2.75, 3.05) is 0 Å². The van der Waals surface area contributed by atoms with Crippen LogP contribution in [0.4, 0.5) is 0 Å². The van der Waals surface area contributed by atoms with Gasteiger partial charge in [-0.1, -0.05) is 0 Å². The summed E-state index contributed by atoms with van der Waals surface area (Å²) >= 11 is 1.66. The van der Waals surface area contributed by atoms with Crippen LogP contribution in [0.3, 0.4) is 0 Å². The minimum absolute atomic E-state index is 0.376. The first kappa shape index (κ1) is 8.69.